The molecule has 0 atom stereocenters. The monoisotopic (exact) mass is 440 g/mol. The highest BCUT2D eigenvalue weighted by Crippen LogP contribution is 2.35. The van der Waals surface area contributed by atoms with Crippen molar-refractivity contribution < 1.29 is 14.3 Å². The van der Waals surface area contributed by atoms with Gasteiger partial charge in [-0.05, 0) is 66.8 Å². The highest BCUT2D eigenvalue weighted by atomic mass is 16.5. The van der Waals surface area contributed by atoms with Gasteiger partial charge in [0, 0.05) is 5.69 Å². The van der Waals surface area contributed by atoms with Gasteiger partial charge in [0.05, 0.1) is 17.9 Å². The fourth-order valence-corrected chi connectivity index (χ4v) is 3.73. The third-order valence-electron chi connectivity index (χ3n) is 5.69. The summed E-state index contributed by atoms with van der Waals surface area (Å²) in [5.41, 5.74) is 4.76. The number of imide groups is 1. The lowest BCUT2D eigenvalue weighted by Crippen LogP contribution is -2.32. The van der Waals surface area contributed by atoms with Gasteiger partial charge in [-0.15, -0.1) is 0 Å². The van der Waals surface area contributed by atoms with Crippen molar-refractivity contribution in [2.24, 2.45) is 5.92 Å². The van der Waals surface area contributed by atoms with Crippen molar-refractivity contribution in [3.63, 3.8) is 0 Å². The first-order valence-electron chi connectivity index (χ1n) is 11.1. The second kappa shape index (κ2) is 9.33. The molecule has 0 fully saturated rings. The summed E-state index contributed by atoms with van der Waals surface area (Å²) >= 11 is 0. The van der Waals surface area contributed by atoms with Crippen LogP contribution in [0.1, 0.15) is 30.5 Å². The quantitative estimate of drug-likeness (QED) is 0.476. The number of amides is 2. The molecule has 1 aliphatic heterocycles. The van der Waals surface area contributed by atoms with Crippen LogP contribution in [0, 0.1) is 19.8 Å². The largest absolute Gasteiger partial charge is 0.493 e. The number of nitrogens with zero attached hydrogens (tertiary/aromatic N) is 1. The Hall–Kier alpha value is -3.86. The van der Waals surface area contributed by atoms with Gasteiger partial charge in [0.25, 0.3) is 11.8 Å². The molecule has 5 nitrogen and oxygen atoms in total. The van der Waals surface area contributed by atoms with Crippen LogP contribution in [-0.4, -0.2) is 18.4 Å². The van der Waals surface area contributed by atoms with E-state index in [-0.39, 0.29) is 17.5 Å². The predicted molar refractivity (Wildman–Crippen MR) is 132 cm³/mol. The molecule has 0 spiro atoms. The van der Waals surface area contributed by atoms with Crippen LogP contribution in [0.2, 0.25) is 0 Å². The van der Waals surface area contributed by atoms with Crippen LogP contribution < -0.4 is 15.0 Å². The molecule has 0 aliphatic carbocycles. The standard InChI is InChI=1S/C28H28N2O3/c1-18(2)17-33-23-15-13-21(14-16-23)25-26(29-24-12-8-9-19(3)20(24)4)28(32)30(27(25)31)22-10-6-5-7-11-22/h5-16,18,29H,17H2,1-4H3. The number of carbonyl (C=O) groups is 2. The van der Waals surface area contributed by atoms with Gasteiger partial charge >= 0.3 is 0 Å². The van der Waals surface area contributed by atoms with E-state index in [2.05, 4.69) is 19.2 Å². The Morgan fingerprint density at radius 2 is 1.55 bits per heavy atom. The van der Waals surface area contributed by atoms with Crippen LogP contribution in [-0.2, 0) is 9.59 Å². The molecule has 4 rings (SSSR count). The number of anilines is 2. The van der Waals surface area contributed by atoms with E-state index in [4.69, 9.17) is 4.74 Å². The van der Waals surface area contributed by atoms with Gasteiger partial charge < -0.3 is 10.1 Å². The Morgan fingerprint density at radius 1 is 0.848 bits per heavy atom. The van der Waals surface area contributed by atoms with E-state index in [9.17, 15) is 9.59 Å². The second-order valence-electron chi connectivity index (χ2n) is 8.63. The average molecular weight is 441 g/mol. The van der Waals surface area contributed by atoms with E-state index in [0.29, 0.717) is 29.3 Å². The summed E-state index contributed by atoms with van der Waals surface area (Å²) in [4.78, 5) is 28.3. The molecule has 3 aromatic carbocycles. The van der Waals surface area contributed by atoms with Gasteiger partial charge in [0.15, 0.2) is 0 Å². The molecule has 33 heavy (non-hydrogen) atoms. The van der Waals surface area contributed by atoms with E-state index < -0.39 is 0 Å². The van der Waals surface area contributed by atoms with Gasteiger partial charge in [-0.25, -0.2) is 4.90 Å². The van der Waals surface area contributed by atoms with Crippen molar-refractivity contribution in [2.45, 2.75) is 27.7 Å². The van der Waals surface area contributed by atoms with Crippen LogP contribution in [0.25, 0.3) is 5.57 Å². The van der Waals surface area contributed by atoms with Crippen LogP contribution in [0.3, 0.4) is 0 Å². The van der Waals surface area contributed by atoms with Gasteiger partial charge in [-0.1, -0.05) is 56.3 Å². The Kier molecular flexibility index (Phi) is 6.31. The van der Waals surface area contributed by atoms with Crippen molar-refractivity contribution in [3.05, 3.63) is 95.2 Å². The maximum absolute atomic E-state index is 13.5. The van der Waals surface area contributed by atoms with Crippen molar-refractivity contribution >= 4 is 28.8 Å². The molecule has 3 aromatic rings. The normalized spacial score (nSPS) is 13.8. The summed E-state index contributed by atoms with van der Waals surface area (Å²) in [6, 6.07) is 22.2. The minimum absolute atomic E-state index is 0.272. The molecule has 0 radical (unpaired) electrons. The molecule has 0 unspecified atom stereocenters. The fourth-order valence-electron chi connectivity index (χ4n) is 3.73. The summed E-state index contributed by atoms with van der Waals surface area (Å²) in [7, 11) is 0. The first kappa shape index (κ1) is 22.3. The molecule has 1 N–H and O–H groups in total. The molecule has 168 valence electrons. The van der Waals surface area contributed by atoms with Crippen LogP contribution in [0.5, 0.6) is 5.75 Å². The Balaban J connectivity index is 1.76. The Morgan fingerprint density at radius 3 is 2.21 bits per heavy atom. The summed E-state index contributed by atoms with van der Waals surface area (Å²) in [5, 5.41) is 3.27. The zero-order valence-electron chi connectivity index (χ0n) is 19.4. The Labute approximate surface area is 194 Å². The van der Waals surface area contributed by atoms with Crippen molar-refractivity contribution in [2.75, 3.05) is 16.8 Å². The van der Waals surface area contributed by atoms with Crippen molar-refractivity contribution in [1.82, 2.24) is 0 Å². The van der Waals surface area contributed by atoms with E-state index >= 15 is 0 Å². The number of rotatable bonds is 7. The van der Waals surface area contributed by atoms with Crippen molar-refractivity contribution in [1.29, 1.82) is 0 Å². The summed E-state index contributed by atoms with van der Waals surface area (Å²) < 4.78 is 5.78. The lowest BCUT2D eigenvalue weighted by molar-refractivity contribution is -0.120. The predicted octanol–water partition coefficient (Wildman–Crippen LogP) is 5.73. The summed E-state index contributed by atoms with van der Waals surface area (Å²) in [6.07, 6.45) is 0. The topological polar surface area (TPSA) is 58.6 Å². The van der Waals surface area contributed by atoms with E-state index in [1.54, 1.807) is 12.1 Å². The molecule has 0 bridgehead atoms. The highest BCUT2D eigenvalue weighted by Gasteiger charge is 2.40. The fraction of sp³-hybridized carbons (Fsp3) is 0.214. The average Bonchev–Trinajstić information content (AvgIpc) is 3.05. The van der Waals surface area contributed by atoms with E-state index in [1.807, 2.05) is 74.5 Å². The number of aryl methyl sites for hydroxylation is 1. The minimum Gasteiger partial charge on any atom is -0.493 e. The van der Waals surface area contributed by atoms with Gasteiger partial charge in [0.1, 0.15) is 11.4 Å². The first-order chi connectivity index (χ1) is 15.9. The van der Waals surface area contributed by atoms with E-state index in [1.165, 1.54) is 4.90 Å². The van der Waals surface area contributed by atoms with Crippen LogP contribution in [0.4, 0.5) is 11.4 Å². The summed E-state index contributed by atoms with van der Waals surface area (Å²) in [6.45, 7) is 8.80. The number of hydrogen-bond donors (Lipinski definition) is 1. The molecule has 0 saturated heterocycles. The maximum Gasteiger partial charge on any atom is 0.282 e. The van der Waals surface area contributed by atoms with Crippen molar-refractivity contribution in [3.8, 4) is 5.75 Å². The SMILES string of the molecule is Cc1cccc(NC2=C(c3ccc(OCC(C)C)cc3)C(=O)N(c3ccccc3)C2=O)c1C. The maximum atomic E-state index is 13.5. The molecular weight excluding hydrogens is 412 g/mol. The third-order valence-corrected chi connectivity index (χ3v) is 5.69. The van der Waals surface area contributed by atoms with Crippen LogP contribution in [0.15, 0.2) is 78.5 Å². The Bertz CT molecular complexity index is 1210. The van der Waals surface area contributed by atoms with Gasteiger partial charge in [-0.2, -0.15) is 0 Å². The van der Waals surface area contributed by atoms with Crippen LogP contribution >= 0.6 is 0 Å². The number of para-hydroxylation sites is 1. The van der Waals surface area contributed by atoms with Gasteiger partial charge in [0.2, 0.25) is 0 Å². The number of ether oxygens (including phenoxy) is 1. The highest BCUT2D eigenvalue weighted by molar-refractivity contribution is 6.46. The van der Waals surface area contributed by atoms with E-state index in [0.717, 1.165) is 22.6 Å². The zero-order valence-corrected chi connectivity index (χ0v) is 19.4. The summed E-state index contributed by atoms with van der Waals surface area (Å²) in [5.74, 6) is 0.417. The molecule has 2 amide bonds. The molecular formula is C28H28N2O3. The number of benzene rings is 3. The zero-order chi connectivity index (χ0) is 23.5. The third kappa shape index (κ3) is 4.53. The lowest BCUT2D eigenvalue weighted by Gasteiger charge is -2.16. The molecule has 1 aliphatic rings. The molecule has 0 saturated carbocycles. The minimum atomic E-state index is -0.373. The second-order valence-corrected chi connectivity index (χ2v) is 8.63. The molecule has 0 aromatic heterocycles. The number of nitrogens with one attached hydrogen (secondary N) is 1. The number of carbonyl (C=O) groups excluding carboxylic acids is 2. The molecule has 1 heterocycles. The number of hydrogen-bond acceptors (Lipinski definition) is 4. The first-order valence-corrected chi connectivity index (χ1v) is 11.1. The molecule has 5 heteroatoms. The van der Waals surface area contributed by atoms with Gasteiger partial charge in [-0.3, -0.25) is 9.59 Å². The lowest BCUT2D eigenvalue weighted by atomic mass is 10.0. The smallest absolute Gasteiger partial charge is 0.282 e.